The average Bonchev–Trinajstić information content (AvgIpc) is 3.10. The first-order valence-corrected chi connectivity index (χ1v) is 8.72. The Hall–Kier alpha value is -2.77. The van der Waals surface area contributed by atoms with Gasteiger partial charge in [0.1, 0.15) is 0 Å². The van der Waals surface area contributed by atoms with Crippen molar-refractivity contribution in [1.29, 1.82) is 0 Å². The van der Waals surface area contributed by atoms with Gasteiger partial charge in [0, 0.05) is 12.8 Å². The molecule has 2 rings (SSSR count). The maximum absolute atomic E-state index is 12.0. The summed E-state index contributed by atoms with van der Waals surface area (Å²) in [5, 5.41) is 3.87. The quantitative estimate of drug-likeness (QED) is 0.583. The van der Waals surface area contributed by atoms with Crippen molar-refractivity contribution in [3.05, 3.63) is 29.4 Å². The molecule has 1 heterocycles. The zero-order valence-corrected chi connectivity index (χ0v) is 16.4. The van der Waals surface area contributed by atoms with E-state index >= 15 is 0 Å². The number of benzene rings is 1. The molecule has 0 saturated carbocycles. The van der Waals surface area contributed by atoms with Crippen molar-refractivity contribution in [2.45, 2.75) is 39.7 Å². The molecule has 0 aliphatic rings. The van der Waals surface area contributed by atoms with Crippen LogP contribution in [0.2, 0.25) is 0 Å². The van der Waals surface area contributed by atoms with Crippen LogP contribution in [0, 0.1) is 5.92 Å². The van der Waals surface area contributed by atoms with Gasteiger partial charge in [0.2, 0.25) is 5.75 Å². The Balaban J connectivity index is 1.89. The van der Waals surface area contributed by atoms with Crippen LogP contribution in [0.1, 0.15) is 37.5 Å². The number of rotatable bonds is 10. The second kappa shape index (κ2) is 9.80. The molecule has 0 spiro atoms. The van der Waals surface area contributed by atoms with Gasteiger partial charge in [-0.1, -0.05) is 19.0 Å². The van der Waals surface area contributed by atoms with E-state index in [0.29, 0.717) is 41.3 Å². The summed E-state index contributed by atoms with van der Waals surface area (Å²) in [6, 6.07) is 3.62. The summed E-state index contributed by atoms with van der Waals surface area (Å²) in [6.07, 6.45) is 1.39. The van der Waals surface area contributed by atoms with E-state index in [1.807, 2.05) is 12.1 Å². The topological polar surface area (TPSA) is 92.9 Å². The number of ether oxygens (including phenoxy) is 4. The highest BCUT2D eigenvalue weighted by molar-refractivity contribution is 5.69. The number of methoxy groups -OCH3 is 3. The van der Waals surface area contributed by atoms with Crippen LogP contribution in [0.4, 0.5) is 0 Å². The van der Waals surface area contributed by atoms with Crippen molar-refractivity contribution >= 4 is 5.97 Å². The summed E-state index contributed by atoms with van der Waals surface area (Å²) in [6.45, 7) is 4.11. The molecule has 8 heteroatoms. The number of carbonyl (C=O) groups is 1. The maximum atomic E-state index is 12.0. The Morgan fingerprint density at radius 1 is 1.11 bits per heavy atom. The molecule has 0 saturated heterocycles. The maximum Gasteiger partial charge on any atom is 0.306 e. The Morgan fingerprint density at radius 2 is 1.78 bits per heavy atom. The smallest absolute Gasteiger partial charge is 0.306 e. The van der Waals surface area contributed by atoms with Gasteiger partial charge in [-0.2, -0.15) is 4.98 Å². The molecule has 0 radical (unpaired) electrons. The van der Waals surface area contributed by atoms with E-state index in [1.165, 1.54) is 0 Å². The molecule has 0 bridgehead atoms. The van der Waals surface area contributed by atoms with Gasteiger partial charge >= 0.3 is 5.97 Å². The lowest BCUT2D eigenvalue weighted by atomic mass is 10.1. The minimum absolute atomic E-state index is 0.0286. The van der Waals surface area contributed by atoms with Gasteiger partial charge in [-0.3, -0.25) is 4.79 Å². The van der Waals surface area contributed by atoms with Gasteiger partial charge < -0.3 is 23.5 Å². The molecule has 0 atom stereocenters. The van der Waals surface area contributed by atoms with Crippen molar-refractivity contribution in [3.8, 4) is 17.2 Å². The lowest BCUT2D eigenvalue weighted by Gasteiger charge is -2.14. The van der Waals surface area contributed by atoms with Crippen LogP contribution in [0.15, 0.2) is 16.7 Å². The van der Waals surface area contributed by atoms with Crippen LogP contribution in [0.25, 0.3) is 0 Å². The molecular weight excluding hydrogens is 352 g/mol. The number of hydrogen-bond acceptors (Lipinski definition) is 8. The van der Waals surface area contributed by atoms with Crippen molar-refractivity contribution in [2.75, 3.05) is 21.3 Å². The fourth-order valence-corrected chi connectivity index (χ4v) is 2.54. The van der Waals surface area contributed by atoms with E-state index in [9.17, 15) is 4.79 Å². The van der Waals surface area contributed by atoms with Crippen LogP contribution in [-0.4, -0.2) is 37.4 Å². The van der Waals surface area contributed by atoms with E-state index in [4.69, 9.17) is 23.5 Å². The highest BCUT2D eigenvalue weighted by atomic mass is 16.6. The Kier molecular flexibility index (Phi) is 7.45. The number of nitrogens with zero attached hydrogens (tertiary/aromatic N) is 2. The van der Waals surface area contributed by atoms with E-state index in [0.717, 1.165) is 12.0 Å². The molecule has 0 fully saturated rings. The third-order valence-corrected chi connectivity index (χ3v) is 3.80. The van der Waals surface area contributed by atoms with Crippen LogP contribution >= 0.6 is 0 Å². The minimum Gasteiger partial charge on any atom is -0.493 e. The van der Waals surface area contributed by atoms with Gasteiger partial charge in [-0.05, 0) is 30.0 Å². The van der Waals surface area contributed by atoms with E-state index in [1.54, 1.807) is 21.3 Å². The summed E-state index contributed by atoms with van der Waals surface area (Å²) in [5.74, 6) is 2.59. The van der Waals surface area contributed by atoms with Crippen LogP contribution in [0.5, 0.6) is 17.2 Å². The molecule has 0 aliphatic carbocycles. The van der Waals surface area contributed by atoms with Gasteiger partial charge in [-0.15, -0.1) is 0 Å². The molecule has 8 nitrogen and oxygen atoms in total. The third-order valence-electron chi connectivity index (χ3n) is 3.80. The predicted molar refractivity (Wildman–Crippen MR) is 97.1 cm³/mol. The summed E-state index contributed by atoms with van der Waals surface area (Å²) >= 11 is 0. The van der Waals surface area contributed by atoms with Crippen molar-refractivity contribution < 1.29 is 28.3 Å². The fraction of sp³-hybridized carbons (Fsp3) is 0.526. The van der Waals surface area contributed by atoms with Gasteiger partial charge in [0.15, 0.2) is 23.9 Å². The SMILES string of the molecule is COc1cc(CCC(=O)OCc2nc(CC(C)C)no2)cc(OC)c1OC. The second-order valence-corrected chi connectivity index (χ2v) is 6.40. The largest absolute Gasteiger partial charge is 0.493 e. The van der Waals surface area contributed by atoms with E-state index < -0.39 is 0 Å². The molecule has 0 amide bonds. The van der Waals surface area contributed by atoms with E-state index in [2.05, 4.69) is 24.0 Å². The first-order chi connectivity index (χ1) is 13.0. The van der Waals surface area contributed by atoms with Gasteiger partial charge in [0.25, 0.3) is 5.89 Å². The molecule has 0 unspecified atom stereocenters. The fourth-order valence-electron chi connectivity index (χ4n) is 2.54. The molecule has 148 valence electrons. The third kappa shape index (κ3) is 5.87. The Morgan fingerprint density at radius 3 is 2.33 bits per heavy atom. The Bertz CT molecular complexity index is 731. The molecule has 0 N–H and O–H groups in total. The average molecular weight is 378 g/mol. The van der Waals surface area contributed by atoms with Crippen LogP contribution < -0.4 is 14.2 Å². The summed E-state index contributed by atoms with van der Waals surface area (Å²) in [4.78, 5) is 16.2. The zero-order chi connectivity index (χ0) is 19.8. The number of esters is 1. The standard InChI is InChI=1S/C19H26N2O6/c1-12(2)8-16-20-17(27-21-16)11-26-18(22)7-6-13-9-14(23-3)19(25-5)15(10-13)24-4/h9-10,12H,6-8,11H2,1-5H3. The highest BCUT2D eigenvalue weighted by Crippen LogP contribution is 2.38. The van der Waals surface area contributed by atoms with Gasteiger partial charge in [-0.25, -0.2) is 0 Å². The molecule has 1 aromatic heterocycles. The molecule has 0 aliphatic heterocycles. The number of aromatic nitrogens is 2. The molecule has 1 aromatic carbocycles. The monoisotopic (exact) mass is 378 g/mol. The predicted octanol–water partition coefficient (Wildman–Crippen LogP) is 2.97. The lowest BCUT2D eigenvalue weighted by Crippen LogP contribution is -2.07. The first-order valence-electron chi connectivity index (χ1n) is 8.72. The zero-order valence-electron chi connectivity index (χ0n) is 16.4. The minimum atomic E-state index is -0.354. The van der Waals surface area contributed by atoms with E-state index in [-0.39, 0.29) is 19.0 Å². The van der Waals surface area contributed by atoms with Gasteiger partial charge in [0.05, 0.1) is 21.3 Å². The summed E-state index contributed by atoms with van der Waals surface area (Å²) < 4.78 is 26.2. The first kappa shape index (κ1) is 20.5. The van der Waals surface area contributed by atoms with Crippen molar-refractivity contribution in [2.24, 2.45) is 5.92 Å². The van der Waals surface area contributed by atoms with Crippen molar-refractivity contribution in [1.82, 2.24) is 10.1 Å². The number of aryl methyl sites for hydroxylation is 1. The normalized spacial score (nSPS) is 10.7. The molecule has 2 aromatic rings. The summed E-state index contributed by atoms with van der Waals surface area (Å²) in [5.41, 5.74) is 0.874. The molecular formula is C19H26N2O6. The lowest BCUT2D eigenvalue weighted by molar-refractivity contribution is -0.145. The Labute approximate surface area is 158 Å². The van der Waals surface area contributed by atoms with Crippen LogP contribution in [0.3, 0.4) is 0 Å². The van der Waals surface area contributed by atoms with Crippen LogP contribution in [-0.2, 0) is 29.0 Å². The van der Waals surface area contributed by atoms with Crippen molar-refractivity contribution in [3.63, 3.8) is 0 Å². The number of hydrogen-bond donors (Lipinski definition) is 0. The highest BCUT2D eigenvalue weighted by Gasteiger charge is 2.15. The second-order valence-electron chi connectivity index (χ2n) is 6.40. The summed E-state index contributed by atoms with van der Waals surface area (Å²) in [7, 11) is 4.64. The molecule has 27 heavy (non-hydrogen) atoms. The number of carbonyl (C=O) groups excluding carboxylic acids is 1.